The molecular weight excluding hydrogens is 270 g/mol. The summed E-state index contributed by atoms with van der Waals surface area (Å²) in [6, 6.07) is 7.44. The van der Waals surface area contributed by atoms with Crippen molar-refractivity contribution in [3.8, 4) is 17.2 Å². The Kier molecular flexibility index (Phi) is 4.59. The van der Waals surface area contributed by atoms with Gasteiger partial charge in [-0.1, -0.05) is 0 Å². The van der Waals surface area contributed by atoms with Gasteiger partial charge in [0.05, 0.1) is 19.3 Å². The van der Waals surface area contributed by atoms with Gasteiger partial charge >= 0.3 is 0 Å². The van der Waals surface area contributed by atoms with Crippen molar-refractivity contribution >= 4 is 0 Å². The molecular formula is C15H21N3O3. The number of methoxy groups -OCH3 is 1. The van der Waals surface area contributed by atoms with Gasteiger partial charge in [-0.15, -0.1) is 10.2 Å². The maximum Gasteiger partial charge on any atom is 0.247 e. The number of aromatic nitrogens is 2. The van der Waals surface area contributed by atoms with Gasteiger partial charge in [0, 0.05) is 12.1 Å². The minimum absolute atomic E-state index is 0.476. The van der Waals surface area contributed by atoms with Crippen LogP contribution < -0.4 is 4.74 Å². The van der Waals surface area contributed by atoms with Crippen LogP contribution in [-0.2, 0) is 6.54 Å². The maximum absolute atomic E-state index is 9.78. The molecule has 6 nitrogen and oxygen atoms in total. The molecule has 2 rings (SSSR count). The van der Waals surface area contributed by atoms with Crippen molar-refractivity contribution in [1.82, 2.24) is 15.1 Å². The minimum atomic E-state index is -0.756. The van der Waals surface area contributed by atoms with Crippen LogP contribution in [0.15, 0.2) is 28.7 Å². The first kappa shape index (κ1) is 15.5. The van der Waals surface area contributed by atoms with Crippen molar-refractivity contribution in [1.29, 1.82) is 0 Å². The van der Waals surface area contributed by atoms with Crippen LogP contribution in [-0.4, -0.2) is 46.5 Å². The molecule has 0 aliphatic carbocycles. The van der Waals surface area contributed by atoms with E-state index < -0.39 is 5.60 Å². The molecule has 1 heterocycles. The highest BCUT2D eigenvalue weighted by Crippen LogP contribution is 2.21. The highest BCUT2D eigenvalue weighted by Gasteiger charge is 2.17. The number of nitrogens with zero attached hydrogens (tertiary/aromatic N) is 3. The van der Waals surface area contributed by atoms with Crippen LogP contribution in [0.3, 0.4) is 0 Å². The largest absolute Gasteiger partial charge is 0.497 e. The monoisotopic (exact) mass is 291 g/mol. The van der Waals surface area contributed by atoms with Crippen molar-refractivity contribution in [3.05, 3.63) is 30.2 Å². The summed E-state index contributed by atoms with van der Waals surface area (Å²) in [5, 5.41) is 17.9. The average Bonchev–Trinajstić information content (AvgIpc) is 2.85. The second kappa shape index (κ2) is 6.24. The summed E-state index contributed by atoms with van der Waals surface area (Å²) in [7, 11) is 3.52. The number of aliphatic hydroxyl groups is 1. The van der Waals surface area contributed by atoms with Crippen LogP contribution in [0.1, 0.15) is 19.7 Å². The van der Waals surface area contributed by atoms with E-state index in [9.17, 15) is 5.11 Å². The Hall–Kier alpha value is -1.92. The number of rotatable bonds is 6. The van der Waals surface area contributed by atoms with E-state index in [1.54, 1.807) is 21.0 Å². The van der Waals surface area contributed by atoms with E-state index in [-0.39, 0.29) is 0 Å². The summed E-state index contributed by atoms with van der Waals surface area (Å²) in [4.78, 5) is 1.94. The smallest absolute Gasteiger partial charge is 0.247 e. The van der Waals surface area contributed by atoms with E-state index in [2.05, 4.69) is 10.2 Å². The molecule has 1 aromatic heterocycles. The molecule has 0 saturated carbocycles. The summed E-state index contributed by atoms with van der Waals surface area (Å²) in [6.45, 7) is 4.54. The number of likely N-dealkylation sites (N-methyl/N-ethyl adjacent to an activating group) is 1. The Morgan fingerprint density at radius 3 is 2.48 bits per heavy atom. The molecule has 21 heavy (non-hydrogen) atoms. The second-order valence-corrected chi connectivity index (χ2v) is 5.71. The Bertz CT molecular complexity index is 573. The lowest BCUT2D eigenvalue weighted by atomic mass is 10.1. The maximum atomic E-state index is 9.78. The summed E-state index contributed by atoms with van der Waals surface area (Å²) in [6.07, 6.45) is 0. The van der Waals surface area contributed by atoms with Crippen molar-refractivity contribution in [2.75, 3.05) is 20.7 Å². The first-order valence-electron chi connectivity index (χ1n) is 6.75. The lowest BCUT2D eigenvalue weighted by Gasteiger charge is -2.23. The van der Waals surface area contributed by atoms with Crippen LogP contribution >= 0.6 is 0 Å². The Morgan fingerprint density at radius 1 is 1.24 bits per heavy atom. The summed E-state index contributed by atoms with van der Waals surface area (Å²) in [5.74, 6) is 1.78. The van der Waals surface area contributed by atoms with E-state index >= 15 is 0 Å². The summed E-state index contributed by atoms with van der Waals surface area (Å²) < 4.78 is 10.8. The van der Waals surface area contributed by atoms with Crippen molar-refractivity contribution in [2.24, 2.45) is 0 Å². The zero-order valence-electron chi connectivity index (χ0n) is 12.8. The molecule has 0 amide bonds. The van der Waals surface area contributed by atoms with E-state index in [1.807, 2.05) is 36.2 Å². The molecule has 0 aliphatic heterocycles. The Balaban J connectivity index is 2.03. The van der Waals surface area contributed by atoms with Crippen molar-refractivity contribution in [2.45, 2.75) is 26.0 Å². The summed E-state index contributed by atoms with van der Waals surface area (Å²) >= 11 is 0. The van der Waals surface area contributed by atoms with Crippen molar-refractivity contribution < 1.29 is 14.3 Å². The standard InChI is InChI=1S/C15H21N3O3/c1-15(2,19)10-18(3)9-13-16-17-14(21-13)11-5-7-12(20-4)8-6-11/h5-8,19H,9-10H2,1-4H3. The van der Waals surface area contributed by atoms with Gasteiger partial charge in [0.15, 0.2) is 0 Å². The molecule has 0 atom stereocenters. The molecule has 6 heteroatoms. The highest BCUT2D eigenvalue weighted by atomic mass is 16.5. The first-order chi connectivity index (χ1) is 9.87. The minimum Gasteiger partial charge on any atom is -0.497 e. The molecule has 1 N–H and O–H groups in total. The SMILES string of the molecule is COc1ccc(-c2nnc(CN(C)CC(C)(C)O)o2)cc1. The van der Waals surface area contributed by atoms with Gasteiger partial charge in [-0.2, -0.15) is 0 Å². The third kappa shape index (κ3) is 4.54. The van der Waals surface area contributed by atoms with Crippen LogP contribution in [0.2, 0.25) is 0 Å². The second-order valence-electron chi connectivity index (χ2n) is 5.71. The van der Waals surface area contributed by atoms with Gasteiger partial charge in [0.2, 0.25) is 11.8 Å². The fraction of sp³-hybridized carbons (Fsp3) is 0.467. The molecule has 2 aromatic rings. The molecule has 0 radical (unpaired) electrons. The zero-order valence-corrected chi connectivity index (χ0v) is 12.8. The molecule has 0 saturated heterocycles. The van der Waals surface area contributed by atoms with Crippen LogP contribution in [0.25, 0.3) is 11.5 Å². The van der Waals surface area contributed by atoms with Gasteiger partial charge < -0.3 is 14.3 Å². The van der Waals surface area contributed by atoms with E-state index in [1.165, 1.54) is 0 Å². The first-order valence-corrected chi connectivity index (χ1v) is 6.75. The van der Waals surface area contributed by atoms with Gasteiger partial charge in [0.1, 0.15) is 5.75 Å². The fourth-order valence-electron chi connectivity index (χ4n) is 2.12. The van der Waals surface area contributed by atoms with Crippen LogP contribution in [0.4, 0.5) is 0 Å². The van der Waals surface area contributed by atoms with Crippen LogP contribution in [0, 0.1) is 0 Å². The Morgan fingerprint density at radius 2 is 1.90 bits per heavy atom. The molecule has 0 fully saturated rings. The lowest BCUT2D eigenvalue weighted by Crippen LogP contribution is -2.35. The van der Waals surface area contributed by atoms with Gasteiger partial charge in [0.25, 0.3) is 0 Å². The number of ether oxygens (including phenoxy) is 1. The number of benzene rings is 1. The molecule has 1 aromatic carbocycles. The average molecular weight is 291 g/mol. The molecule has 114 valence electrons. The van der Waals surface area contributed by atoms with Gasteiger partial charge in [-0.3, -0.25) is 4.90 Å². The van der Waals surface area contributed by atoms with Gasteiger partial charge in [-0.05, 0) is 45.2 Å². The van der Waals surface area contributed by atoms with Crippen molar-refractivity contribution in [3.63, 3.8) is 0 Å². The summed E-state index contributed by atoms with van der Waals surface area (Å²) in [5.41, 5.74) is 0.0906. The molecule has 0 bridgehead atoms. The predicted octanol–water partition coefficient (Wildman–Crippen LogP) is 1.95. The molecule has 0 spiro atoms. The third-order valence-corrected chi connectivity index (χ3v) is 2.87. The Labute approximate surface area is 124 Å². The normalized spacial score (nSPS) is 11.9. The van der Waals surface area contributed by atoms with E-state index in [0.29, 0.717) is 24.9 Å². The van der Waals surface area contributed by atoms with E-state index in [0.717, 1.165) is 11.3 Å². The zero-order chi connectivity index (χ0) is 15.5. The van der Waals surface area contributed by atoms with Gasteiger partial charge in [-0.25, -0.2) is 0 Å². The van der Waals surface area contributed by atoms with Crippen LogP contribution in [0.5, 0.6) is 5.75 Å². The number of hydrogen-bond acceptors (Lipinski definition) is 6. The quantitative estimate of drug-likeness (QED) is 0.877. The predicted molar refractivity (Wildman–Crippen MR) is 78.9 cm³/mol. The molecule has 0 unspecified atom stereocenters. The third-order valence-electron chi connectivity index (χ3n) is 2.87. The van der Waals surface area contributed by atoms with E-state index in [4.69, 9.17) is 9.15 Å². The fourth-order valence-corrected chi connectivity index (χ4v) is 2.12. The highest BCUT2D eigenvalue weighted by molar-refractivity contribution is 5.53. The molecule has 0 aliphatic rings. The lowest BCUT2D eigenvalue weighted by molar-refractivity contribution is 0.0403. The number of hydrogen-bond donors (Lipinski definition) is 1. The topological polar surface area (TPSA) is 71.6 Å².